The zero-order valence-electron chi connectivity index (χ0n) is 16.7. The summed E-state index contributed by atoms with van der Waals surface area (Å²) in [6, 6.07) is 15.4. The lowest BCUT2D eigenvalue weighted by Gasteiger charge is -2.11. The van der Waals surface area contributed by atoms with E-state index in [0.717, 1.165) is 5.56 Å². The zero-order valence-corrected chi connectivity index (χ0v) is 18.2. The summed E-state index contributed by atoms with van der Waals surface area (Å²) in [5, 5.41) is 11.3. The van der Waals surface area contributed by atoms with Gasteiger partial charge in [0, 0.05) is 35.0 Å². The smallest absolute Gasteiger partial charge is 0.257 e. The number of ketones is 1. The number of aromatic nitrogens is 4. The van der Waals surface area contributed by atoms with Gasteiger partial charge in [-0.2, -0.15) is 0 Å². The Balaban J connectivity index is 0.00000306. The summed E-state index contributed by atoms with van der Waals surface area (Å²) in [5.74, 6) is -0.175. The molecule has 0 spiro atoms. The van der Waals surface area contributed by atoms with Crippen LogP contribution in [0.4, 0.5) is 5.82 Å². The molecule has 4 aromatic rings. The summed E-state index contributed by atoms with van der Waals surface area (Å²) in [5.41, 5.74) is 2.42. The lowest BCUT2D eigenvalue weighted by atomic mass is 9.97. The first-order valence-electron chi connectivity index (χ1n) is 9.65. The monoisotopic (exact) mass is 481 g/mol. The van der Waals surface area contributed by atoms with Crippen LogP contribution < -0.4 is 5.32 Å². The Labute approximate surface area is 201 Å². The highest BCUT2D eigenvalue weighted by molar-refractivity contribution is 6.31. The molecule has 0 atom stereocenters. The predicted octanol–water partition coefficient (Wildman–Crippen LogP) is 5.34. The molecule has 9 heteroatoms. The van der Waals surface area contributed by atoms with Crippen LogP contribution in [0.1, 0.15) is 39.3 Å². The van der Waals surface area contributed by atoms with E-state index in [9.17, 15) is 9.59 Å². The number of carbonyl (C=O) groups is 2. The van der Waals surface area contributed by atoms with Crippen molar-refractivity contribution in [3.05, 3.63) is 105 Å². The lowest BCUT2D eigenvalue weighted by Crippen LogP contribution is -2.17. The Morgan fingerprint density at radius 1 is 0.970 bits per heavy atom. The molecule has 0 aliphatic carbocycles. The number of anilines is 1. The Kier molecular flexibility index (Phi) is 7.92. The van der Waals surface area contributed by atoms with Gasteiger partial charge in [-0.3, -0.25) is 9.59 Å². The normalized spacial score (nSPS) is 10.4. The van der Waals surface area contributed by atoms with Gasteiger partial charge in [0.05, 0.1) is 17.8 Å². The Hall–Kier alpha value is -3.55. The van der Waals surface area contributed by atoms with Crippen molar-refractivity contribution < 1.29 is 9.59 Å². The largest absolute Gasteiger partial charge is 0.307 e. The number of amides is 1. The second-order valence-corrected chi connectivity index (χ2v) is 7.89. The first-order valence-corrected chi connectivity index (χ1v) is 10.4. The van der Waals surface area contributed by atoms with Crippen LogP contribution in [0.2, 0.25) is 10.0 Å². The predicted molar refractivity (Wildman–Crippen MR) is 129 cm³/mol. The number of nitrogens with one attached hydrogen (secondary N) is 1. The molecule has 2 aromatic heterocycles. The Morgan fingerprint density at radius 2 is 1.73 bits per heavy atom. The summed E-state index contributed by atoms with van der Waals surface area (Å²) in [6.07, 6.45) is 4.87. The van der Waals surface area contributed by atoms with E-state index in [0.29, 0.717) is 39.1 Å². The van der Waals surface area contributed by atoms with E-state index in [1.165, 1.54) is 12.3 Å². The average Bonchev–Trinajstić information content (AvgIpc) is 3.30. The van der Waals surface area contributed by atoms with Crippen molar-refractivity contribution in [3.8, 4) is 0 Å². The molecule has 4 rings (SSSR count). The fourth-order valence-corrected chi connectivity index (χ4v) is 3.41. The maximum atomic E-state index is 12.9. The molecule has 1 amide bonds. The van der Waals surface area contributed by atoms with Crippen molar-refractivity contribution in [2.45, 2.75) is 20.4 Å². The van der Waals surface area contributed by atoms with Crippen LogP contribution in [-0.2, 0) is 13.0 Å². The Morgan fingerprint density at radius 3 is 2.39 bits per heavy atom. The van der Waals surface area contributed by atoms with Crippen molar-refractivity contribution in [1.82, 2.24) is 20.0 Å². The molecule has 0 aliphatic heterocycles. The molecule has 2 heterocycles. The van der Waals surface area contributed by atoms with Gasteiger partial charge in [-0.15, -0.1) is 5.10 Å². The zero-order chi connectivity index (χ0) is 22.5. The molecule has 33 heavy (non-hydrogen) atoms. The number of Topliss-reactive ketones (excluding diaryl/α,β-unsaturated/α-hetero) is 1. The van der Waals surface area contributed by atoms with E-state index in [1.807, 2.05) is 12.1 Å². The van der Waals surface area contributed by atoms with Crippen LogP contribution in [0.15, 0.2) is 73.2 Å². The van der Waals surface area contributed by atoms with Gasteiger partial charge in [0.15, 0.2) is 5.78 Å². The van der Waals surface area contributed by atoms with Crippen molar-refractivity contribution >= 4 is 40.7 Å². The van der Waals surface area contributed by atoms with Gasteiger partial charge in [0.25, 0.3) is 5.91 Å². The first-order chi connectivity index (χ1) is 15.5. The molecular formula is C24H21Cl2N5O2. The minimum atomic E-state index is -0.409. The van der Waals surface area contributed by atoms with E-state index in [4.69, 9.17) is 23.2 Å². The summed E-state index contributed by atoms with van der Waals surface area (Å²) < 4.78 is 1.70. The molecule has 0 unspecified atom stereocenters. The van der Waals surface area contributed by atoms with Crippen LogP contribution in [0.5, 0.6) is 0 Å². The average molecular weight is 482 g/mol. The maximum Gasteiger partial charge on any atom is 0.257 e. The van der Waals surface area contributed by atoms with Crippen molar-refractivity contribution in [2.24, 2.45) is 0 Å². The van der Waals surface area contributed by atoms with Gasteiger partial charge in [-0.1, -0.05) is 66.2 Å². The molecule has 0 bridgehead atoms. The highest BCUT2D eigenvalue weighted by Gasteiger charge is 2.17. The minimum Gasteiger partial charge on any atom is -0.307 e. The standard InChI is InChI=1S/C23H17Cl2N5O2.CH4/c24-18-6-5-17(20(12-18)23(32)28-22-8-7-19(25)13-26-22)11-21(31)16-3-1-15(2-4-16)14-30-10-9-27-29-30;/h1-10,12-13H,11,14H2,(H,26,28,32);1H4. The van der Waals surface area contributed by atoms with E-state index >= 15 is 0 Å². The second kappa shape index (κ2) is 10.8. The lowest BCUT2D eigenvalue weighted by molar-refractivity contribution is 0.0992. The van der Waals surface area contributed by atoms with Gasteiger partial charge < -0.3 is 5.32 Å². The van der Waals surface area contributed by atoms with Gasteiger partial charge in [-0.05, 0) is 35.4 Å². The second-order valence-electron chi connectivity index (χ2n) is 7.01. The summed E-state index contributed by atoms with van der Waals surface area (Å²) >= 11 is 11.9. The SMILES string of the molecule is C.O=C(Cc1ccc(Cl)cc1C(=O)Nc1ccc(Cl)cn1)c1ccc(Cn2ccnn2)cc1. The number of rotatable bonds is 7. The highest BCUT2D eigenvalue weighted by atomic mass is 35.5. The van der Waals surface area contributed by atoms with E-state index in [-0.39, 0.29) is 19.6 Å². The molecule has 0 radical (unpaired) electrons. The maximum absolute atomic E-state index is 12.9. The van der Waals surface area contributed by atoms with Gasteiger partial charge in [-0.25, -0.2) is 9.67 Å². The van der Waals surface area contributed by atoms with Gasteiger partial charge in [0.2, 0.25) is 0 Å². The number of benzene rings is 2. The van der Waals surface area contributed by atoms with Crippen LogP contribution in [0.25, 0.3) is 0 Å². The third kappa shape index (κ3) is 6.25. The van der Waals surface area contributed by atoms with Crippen molar-refractivity contribution in [3.63, 3.8) is 0 Å². The third-order valence-corrected chi connectivity index (χ3v) is 5.19. The molecule has 0 aliphatic rings. The number of nitrogens with zero attached hydrogens (tertiary/aromatic N) is 4. The molecule has 0 saturated heterocycles. The van der Waals surface area contributed by atoms with Crippen molar-refractivity contribution in [2.75, 3.05) is 5.32 Å². The highest BCUT2D eigenvalue weighted by Crippen LogP contribution is 2.20. The quantitative estimate of drug-likeness (QED) is 0.359. The van der Waals surface area contributed by atoms with Crippen molar-refractivity contribution in [1.29, 1.82) is 0 Å². The van der Waals surface area contributed by atoms with Crippen LogP contribution in [0, 0.1) is 0 Å². The summed E-state index contributed by atoms with van der Waals surface area (Å²) in [4.78, 5) is 29.8. The minimum absolute atomic E-state index is 0. The van der Waals surface area contributed by atoms with E-state index in [1.54, 1.807) is 53.5 Å². The summed E-state index contributed by atoms with van der Waals surface area (Å²) in [6.45, 7) is 0.564. The first kappa shape index (κ1) is 24.1. The number of hydrogen-bond acceptors (Lipinski definition) is 5. The van der Waals surface area contributed by atoms with Gasteiger partial charge in [0.1, 0.15) is 5.82 Å². The number of hydrogen-bond donors (Lipinski definition) is 1. The van der Waals surface area contributed by atoms with E-state index < -0.39 is 5.91 Å². The fourth-order valence-electron chi connectivity index (χ4n) is 3.12. The molecule has 168 valence electrons. The molecule has 1 N–H and O–H groups in total. The molecule has 0 fully saturated rings. The number of carbonyl (C=O) groups excluding carboxylic acids is 2. The number of halogens is 2. The molecule has 0 saturated carbocycles. The Bertz CT molecular complexity index is 1240. The van der Waals surface area contributed by atoms with Gasteiger partial charge >= 0.3 is 0 Å². The van der Waals surface area contributed by atoms with Crippen LogP contribution >= 0.6 is 23.2 Å². The molecule has 7 nitrogen and oxygen atoms in total. The fraction of sp³-hybridized carbons (Fsp3) is 0.125. The van der Waals surface area contributed by atoms with Crippen LogP contribution in [-0.4, -0.2) is 31.7 Å². The summed E-state index contributed by atoms with van der Waals surface area (Å²) in [7, 11) is 0. The topological polar surface area (TPSA) is 89.8 Å². The van der Waals surface area contributed by atoms with E-state index in [2.05, 4.69) is 20.6 Å². The third-order valence-electron chi connectivity index (χ3n) is 4.73. The number of pyridine rings is 1. The molecular weight excluding hydrogens is 461 g/mol. The molecule has 2 aromatic carbocycles. The van der Waals surface area contributed by atoms with Crippen LogP contribution in [0.3, 0.4) is 0 Å².